The largest absolute Gasteiger partial charge is 0.342 e. The molecule has 1 aromatic carbocycles. The molecule has 3 heteroatoms. The predicted molar refractivity (Wildman–Crippen MR) is 124 cm³/mol. The van der Waals surface area contributed by atoms with Gasteiger partial charge < -0.3 is 10.6 Å². The fourth-order valence-corrected chi connectivity index (χ4v) is 7.50. The molecule has 2 saturated carbocycles. The van der Waals surface area contributed by atoms with Gasteiger partial charge in [0.15, 0.2) is 0 Å². The molecule has 166 valence electrons. The zero-order valence-electron chi connectivity index (χ0n) is 19.6. The van der Waals surface area contributed by atoms with E-state index in [1.54, 1.807) is 0 Å². The third-order valence-electron chi connectivity index (χ3n) is 9.01. The Hall–Kier alpha value is -1.35. The molecule has 5 atom stereocenters. The average Bonchev–Trinajstić information content (AvgIpc) is 2.98. The van der Waals surface area contributed by atoms with Gasteiger partial charge in [-0.25, -0.2) is 0 Å². The number of benzene rings is 1. The number of rotatable bonds is 5. The summed E-state index contributed by atoms with van der Waals surface area (Å²) in [6, 6.07) is 11.3. The summed E-state index contributed by atoms with van der Waals surface area (Å²) in [5.41, 5.74) is 7.87. The average molecular weight is 411 g/mol. The molecule has 1 saturated heterocycles. The molecule has 30 heavy (non-hydrogen) atoms. The van der Waals surface area contributed by atoms with Crippen LogP contribution in [0.15, 0.2) is 30.3 Å². The Morgan fingerprint density at radius 1 is 1.13 bits per heavy atom. The van der Waals surface area contributed by atoms with E-state index in [0.29, 0.717) is 17.7 Å². The second kappa shape index (κ2) is 7.97. The topological polar surface area (TPSA) is 46.3 Å². The van der Waals surface area contributed by atoms with Crippen molar-refractivity contribution in [2.45, 2.75) is 90.5 Å². The number of hydrogen-bond acceptors (Lipinski definition) is 2. The highest BCUT2D eigenvalue weighted by Crippen LogP contribution is 2.65. The molecule has 1 amide bonds. The maximum Gasteiger partial charge on any atom is 0.229 e. The van der Waals surface area contributed by atoms with Gasteiger partial charge in [-0.3, -0.25) is 4.79 Å². The molecule has 4 rings (SSSR count). The van der Waals surface area contributed by atoms with E-state index in [0.717, 1.165) is 38.8 Å². The Labute approximate surface area is 183 Å². The highest BCUT2D eigenvalue weighted by atomic mass is 16.2. The molecule has 0 spiro atoms. The standard InChI is InChI=1S/C27H42N2O/c1-5-10-20-15-26(22-11-8-7-9-12-22)17-21(6-2)27(16-20,18-26)24(30)29-14-13-23(28)25(3,4)19-29/h7-9,11-12,20-21,23H,5-6,10,13-19,28H2,1-4H3/t20?,21?,23-,26?,27?/m0/s1. The van der Waals surface area contributed by atoms with E-state index >= 15 is 0 Å². The van der Waals surface area contributed by atoms with Crippen LogP contribution < -0.4 is 5.73 Å². The Kier molecular flexibility index (Phi) is 5.81. The number of amides is 1. The summed E-state index contributed by atoms with van der Waals surface area (Å²) in [4.78, 5) is 16.5. The Balaban J connectivity index is 1.71. The van der Waals surface area contributed by atoms with Crippen molar-refractivity contribution in [1.29, 1.82) is 0 Å². The minimum absolute atomic E-state index is 0.00112. The Morgan fingerprint density at radius 3 is 2.50 bits per heavy atom. The van der Waals surface area contributed by atoms with Gasteiger partial charge in [0.05, 0.1) is 5.41 Å². The minimum atomic E-state index is -0.180. The highest BCUT2D eigenvalue weighted by molar-refractivity contribution is 5.84. The predicted octanol–water partition coefficient (Wildman–Crippen LogP) is 5.53. The summed E-state index contributed by atoms with van der Waals surface area (Å²) in [6.45, 7) is 10.7. The maximum absolute atomic E-state index is 14.3. The van der Waals surface area contributed by atoms with Gasteiger partial charge >= 0.3 is 0 Å². The van der Waals surface area contributed by atoms with Crippen LogP contribution in [0, 0.1) is 22.7 Å². The lowest BCUT2D eigenvalue weighted by Gasteiger charge is -2.49. The molecule has 2 N–H and O–H groups in total. The van der Waals surface area contributed by atoms with E-state index in [2.05, 4.69) is 62.9 Å². The van der Waals surface area contributed by atoms with Crippen molar-refractivity contribution in [3.05, 3.63) is 35.9 Å². The first-order valence-corrected chi connectivity index (χ1v) is 12.4. The molecule has 3 nitrogen and oxygen atoms in total. The zero-order chi connectivity index (χ0) is 21.6. The molecule has 0 aromatic heterocycles. The third kappa shape index (κ3) is 3.51. The fourth-order valence-electron chi connectivity index (χ4n) is 7.50. The van der Waals surface area contributed by atoms with E-state index in [-0.39, 0.29) is 22.3 Å². The van der Waals surface area contributed by atoms with Crippen molar-refractivity contribution in [2.24, 2.45) is 28.4 Å². The number of nitrogens with zero attached hydrogens (tertiary/aromatic N) is 1. The van der Waals surface area contributed by atoms with Gasteiger partial charge in [0.1, 0.15) is 0 Å². The van der Waals surface area contributed by atoms with Crippen molar-refractivity contribution >= 4 is 5.91 Å². The monoisotopic (exact) mass is 410 g/mol. The van der Waals surface area contributed by atoms with E-state index in [1.165, 1.54) is 31.2 Å². The molecule has 1 aromatic rings. The summed E-state index contributed by atoms with van der Waals surface area (Å²) in [7, 11) is 0. The molecule has 2 bridgehead atoms. The first-order valence-electron chi connectivity index (χ1n) is 12.4. The summed E-state index contributed by atoms with van der Waals surface area (Å²) in [6.07, 6.45) is 9.06. The molecule has 0 radical (unpaired) electrons. The SMILES string of the molecule is CCCC1CC2(c3ccccc3)CC(CC)C(C(=O)N3CC[C@H](N)C(C)(C)C3)(C1)C2. The van der Waals surface area contributed by atoms with Crippen LogP contribution in [-0.2, 0) is 10.2 Å². The van der Waals surface area contributed by atoms with E-state index in [4.69, 9.17) is 5.73 Å². The number of carbonyl (C=O) groups is 1. The van der Waals surface area contributed by atoms with Gasteiger partial charge in [-0.15, -0.1) is 0 Å². The Morgan fingerprint density at radius 2 is 1.87 bits per heavy atom. The van der Waals surface area contributed by atoms with Gasteiger partial charge in [0.2, 0.25) is 5.91 Å². The molecular formula is C27H42N2O. The number of piperidine rings is 1. The third-order valence-corrected chi connectivity index (χ3v) is 9.01. The van der Waals surface area contributed by atoms with Gasteiger partial charge in [-0.1, -0.05) is 77.3 Å². The van der Waals surface area contributed by atoms with Crippen LogP contribution in [0.4, 0.5) is 0 Å². The smallest absolute Gasteiger partial charge is 0.229 e. The van der Waals surface area contributed by atoms with E-state index in [1.807, 2.05) is 0 Å². The number of carbonyl (C=O) groups excluding carboxylic acids is 1. The van der Waals surface area contributed by atoms with Crippen LogP contribution in [0.2, 0.25) is 0 Å². The first-order chi connectivity index (χ1) is 14.3. The van der Waals surface area contributed by atoms with Crippen molar-refractivity contribution in [3.63, 3.8) is 0 Å². The van der Waals surface area contributed by atoms with Crippen LogP contribution in [0.1, 0.15) is 84.6 Å². The van der Waals surface area contributed by atoms with E-state index < -0.39 is 0 Å². The second-order valence-corrected chi connectivity index (χ2v) is 11.5. The van der Waals surface area contributed by atoms with Crippen LogP contribution in [-0.4, -0.2) is 29.9 Å². The maximum atomic E-state index is 14.3. The summed E-state index contributed by atoms with van der Waals surface area (Å²) in [5, 5.41) is 0. The molecule has 1 heterocycles. The summed E-state index contributed by atoms with van der Waals surface area (Å²) >= 11 is 0. The van der Waals surface area contributed by atoms with Gasteiger partial charge in [-0.2, -0.15) is 0 Å². The lowest BCUT2D eigenvalue weighted by atomic mass is 9.60. The lowest BCUT2D eigenvalue weighted by molar-refractivity contribution is -0.151. The van der Waals surface area contributed by atoms with Crippen LogP contribution in [0.5, 0.6) is 0 Å². The van der Waals surface area contributed by atoms with Crippen molar-refractivity contribution in [1.82, 2.24) is 4.90 Å². The fraction of sp³-hybridized carbons (Fsp3) is 0.741. The molecule has 1 aliphatic heterocycles. The van der Waals surface area contributed by atoms with Gasteiger partial charge in [0.25, 0.3) is 0 Å². The zero-order valence-corrected chi connectivity index (χ0v) is 19.6. The van der Waals surface area contributed by atoms with Crippen LogP contribution in [0.25, 0.3) is 0 Å². The van der Waals surface area contributed by atoms with Crippen molar-refractivity contribution < 1.29 is 4.79 Å². The molecular weight excluding hydrogens is 368 g/mol. The van der Waals surface area contributed by atoms with Crippen LogP contribution >= 0.6 is 0 Å². The second-order valence-electron chi connectivity index (χ2n) is 11.5. The molecule has 2 aliphatic carbocycles. The molecule has 3 fully saturated rings. The number of likely N-dealkylation sites (tertiary alicyclic amines) is 1. The first kappa shape index (κ1) is 21.9. The Bertz CT molecular complexity index is 759. The van der Waals surface area contributed by atoms with Gasteiger partial charge in [-0.05, 0) is 60.3 Å². The summed E-state index contributed by atoms with van der Waals surface area (Å²) < 4.78 is 0. The van der Waals surface area contributed by atoms with Crippen LogP contribution in [0.3, 0.4) is 0 Å². The number of nitrogens with two attached hydrogens (primary N) is 1. The normalized spacial score (nSPS) is 37.9. The molecule has 3 aliphatic rings. The van der Waals surface area contributed by atoms with Crippen molar-refractivity contribution in [2.75, 3.05) is 13.1 Å². The quantitative estimate of drug-likeness (QED) is 0.694. The lowest BCUT2D eigenvalue weighted by Crippen LogP contribution is -2.58. The molecule has 4 unspecified atom stereocenters. The van der Waals surface area contributed by atoms with Gasteiger partial charge in [0, 0.05) is 19.1 Å². The van der Waals surface area contributed by atoms with Crippen molar-refractivity contribution in [3.8, 4) is 0 Å². The highest BCUT2D eigenvalue weighted by Gasteiger charge is 2.63. The summed E-state index contributed by atoms with van der Waals surface area (Å²) in [5.74, 6) is 1.60. The minimum Gasteiger partial charge on any atom is -0.342 e. The number of fused-ring (bicyclic) bond motifs is 2. The van der Waals surface area contributed by atoms with E-state index in [9.17, 15) is 4.79 Å². The number of hydrogen-bond donors (Lipinski definition) is 1.